The average Bonchev–Trinajstić information content (AvgIpc) is 3.06. The first-order valence-corrected chi connectivity index (χ1v) is 7.16. The average molecular weight is 285 g/mol. The number of aromatic nitrogens is 4. The Morgan fingerprint density at radius 1 is 1.38 bits per heavy atom. The summed E-state index contributed by atoms with van der Waals surface area (Å²) in [6, 6.07) is 1.93. The van der Waals surface area contributed by atoms with Crippen LogP contribution in [0.5, 0.6) is 0 Å². The molecule has 1 N–H and O–H groups in total. The maximum atomic E-state index is 11.5. The number of amides is 1. The van der Waals surface area contributed by atoms with Crippen LogP contribution in [0.15, 0.2) is 12.3 Å². The Labute approximate surface area is 123 Å². The van der Waals surface area contributed by atoms with Crippen molar-refractivity contribution < 1.29 is 4.79 Å². The lowest BCUT2D eigenvalue weighted by atomic mass is 10.1. The van der Waals surface area contributed by atoms with Crippen molar-refractivity contribution in [2.75, 3.05) is 13.1 Å². The Kier molecular flexibility index (Phi) is 3.45. The fraction of sp³-hybridized carbons (Fsp3) is 0.467. The molecule has 0 radical (unpaired) electrons. The fourth-order valence-corrected chi connectivity index (χ4v) is 2.70. The number of aryl methyl sites for hydroxylation is 2. The molecule has 0 aromatic carbocycles. The van der Waals surface area contributed by atoms with Gasteiger partial charge in [-0.2, -0.15) is 0 Å². The summed E-state index contributed by atoms with van der Waals surface area (Å²) in [4.78, 5) is 30.0. The van der Waals surface area contributed by atoms with Crippen LogP contribution in [0.1, 0.15) is 36.5 Å². The summed E-state index contributed by atoms with van der Waals surface area (Å²) in [6.45, 7) is 7.02. The van der Waals surface area contributed by atoms with Gasteiger partial charge in [0.25, 0.3) is 0 Å². The second-order valence-corrected chi connectivity index (χ2v) is 5.62. The molecule has 1 aliphatic heterocycles. The minimum atomic E-state index is 0.118. The van der Waals surface area contributed by atoms with Crippen LogP contribution in [0.3, 0.4) is 0 Å². The lowest BCUT2D eigenvalue weighted by molar-refractivity contribution is -0.127. The van der Waals surface area contributed by atoms with E-state index in [0.29, 0.717) is 6.54 Å². The Bertz CT molecular complexity index is 678. The van der Waals surface area contributed by atoms with E-state index in [-0.39, 0.29) is 11.8 Å². The predicted molar refractivity (Wildman–Crippen MR) is 78.7 cm³/mol. The maximum Gasteiger partial charge on any atom is 0.219 e. The monoisotopic (exact) mass is 285 g/mol. The van der Waals surface area contributed by atoms with Gasteiger partial charge in [-0.15, -0.1) is 0 Å². The van der Waals surface area contributed by atoms with Gasteiger partial charge in [0.2, 0.25) is 5.91 Å². The van der Waals surface area contributed by atoms with E-state index in [2.05, 4.69) is 19.9 Å². The Morgan fingerprint density at radius 3 is 2.81 bits per heavy atom. The number of hydrogen-bond donors (Lipinski definition) is 1. The number of hydrogen-bond acceptors (Lipinski definition) is 4. The highest BCUT2D eigenvalue weighted by molar-refractivity contribution is 5.73. The molecule has 21 heavy (non-hydrogen) atoms. The Hall–Kier alpha value is -2.24. The minimum absolute atomic E-state index is 0.118. The largest absolute Gasteiger partial charge is 0.342 e. The number of carbonyl (C=O) groups excluding carboxylic acids is 1. The summed E-state index contributed by atoms with van der Waals surface area (Å²) in [7, 11) is 0. The first-order chi connectivity index (χ1) is 10.0. The van der Waals surface area contributed by atoms with Gasteiger partial charge < -0.3 is 9.88 Å². The van der Waals surface area contributed by atoms with Gasteiger partial charge in [0, 0.05) is 43.5 Å². The topological polar surface area (TPSA) is 74.8 Å². The van der Waals surface area contributed by atoms with Crippen LogP contribution in [0.2, 0.25) is 0 Å². The quantitative estimate of drug-likeness (QED) is 0.913. The van der Waals surface area contributed by atoms with Crippen LogP contribution in [-0.2, 0) is 4.79 Å². The number of nitrogens with zero attached hydrogens (tertiary/aromatic N) is 4. The number of carbonyl (C=O) groups is 1. The van der Waals surface area contributed by atoms with Gasteiger partial charge in [0.05, 0.1) is 0 Å². The van der Waals surface area contributed by atoms with Gasteiger partial charge in [-0.05, 0) is 26.3 Å². The van der Waals surface area contributed by atoms with Crippen LogP contribution in [0.4, 0.5) is 0 Å². The molecule has 110 valence electrons. The summed E-state index contributed by atoms with van der Waals surface area (Å²) in [6.07, 6.45) is 2.71. The molecule has 0 unspecified atom stereocenters. The molecule has 3 heterocycles. The lowest BCUT2D eigenvalue weighted by Crippen LogP contribution is -2.25. The molecule has 1 fully saturated rings. The molecule has 0 aliphatic carbocycles. The van der Waals surface area contributed by atoms with Crippen LogP contribution < -0.4 is 0 Å². The van der Waals surface area contributed by atoms with Gasteiger partial charge in [-0.1, -0.05) is 0 Å². The molecule has 2 aromatic rings. The second kappa shape index (κ2) is 5.27. The van der Waals surface area contributed by atoms with Gasteiger partial charge in [0.1, 0.15) is 11.5 Å². The van der Waals surface area contributed by atoms with Gasteiger partial charge in [-0.25, -0.2) is 15.0 Å². The maximum absolute atomic E-state index is 11.5. The zero-order valence-electron chi connectivity index (χ0n) is 12.6. The van der Waals surface area contributed by atoms with Gasteiger partial charge >= 0.3 is 0 Å². The molecule has 0 bridgehead atoms. The summed E-state index contributed by atoms with van der Waals surface area (Å²) >= 11 is 0. The lowest BCUT2D eigenvalue weighted by Gasteiger charge is -2.13. The van der Waals surface area contributed by atoms with Crippen LogP contribution in [-0.4, -0.2) is 43.8 Å². The first-order valence-electron chi connectivity index (χ1n) is 7.16. The van der Waals surface area contributed by atoms with Gasteiger partial charge in [0.15, 0.2) is 5.82 Å². The van der Waals surface area contributed by atoms with Crippen molar-refractivity contribution in [2.24, 2.45) is 0 Å². The highest BCUT2D eigenvalue weighted by Gasteiger charge is 2.28. The van der Waals surface area contributed by atoms with Crippen molar-refractivity contribution in [1.82, 2.24) is 24.8 Å². The van der Waals surface area contributed by atoms with Crippen LogP contribution >= 0.6 is 0 Å². The van der Waals surface area contributed by atoms with Crippen molar-refractivity contribution in [3.05, 3.63) is 29.5 Å². The Morgan fingerprint density at radius 2 is 2.19 bits per heavy atom. The predicted octanol–water partition coefficient (Wildman–Crippen LogP) is 1.82. The summed E-state index contributed by atoms with van der Waals surface area (Å²) < 4.78 is 0. The molecule has 2 aromatic heterocycles. The third-order valence-electron chi connectivity index (χ3n) is 3.82. The molecule has 1 amide bonds. The van der Waals surface area contributed by atoms with Crippen molar-refractivity contribution in [3.8, 4) is 11.5 Å². The van der Waals surface area contributed by atoms with Crippen molar-refractivity contribution in [3.63, 3.8) is 0 Å². The molecule has 1 saturated heterocycles. The van der Waals surface area contributed by atoms with Crippen LogP contribution in [0, 0.1) is 13.8 Å². The van der Waals surface area contributed by atoms with Crippen LogP contribution in [0.25, 0.3) is 11.5 Å². The highest BCUT2D eigenvalue weighted by atomic mass is 16.2. The molecule has 1 atom stereocenters. The second-order valence-electron chi connectivity index (χ2n) is 5.62. The number of aromatic amines is 1. The molecule has 3 rings (SSSR count). The molecule has 0 spiro atoms. The molecule has 1 aliphatic rings. The van der Waals surface area contributed by atoms with E-state index in [0.717, 1.165) is 41.7 Å². The number of likely N-dealkylation sites (tertiary alicyclic amines) is 1. The fourth-order valence-electron chi connectivity index (χ4n) is 2.70. The number of H-pyrrole nitrogens is 1. The number of nitrogens with one attached hydrogen (secondary N) is 1. The first kappa shape index (κ1) is 13.7. The smallest absolute Gasteiger partial charge is 0.219 e. The molecular formula is C15H19N5O. The number of rotatable bonds is 2. The van der Waals surface area contributed by atoms with Crippen molar-refractivity contribution >= 4 is 5.91 Å². The third-order valence-corrected chi connectivity index (χ3v) is 3.82. The molecule has 6 heteroatoms. The van der Waals surface area contributed by atoms with E-state index in [1.165, 1.54) is 0 Å². The zero-order valence-corrected chi connectivity index (χ0v) is 12.6. The zero-order chi connectivity index (χ0) is 15.0. The van der Waals surface area contributed by atoms with E-state index in [4.69, 9.17) is 0 Å². The Balaban J connectivity index is 1.90. The molecular weight excluding hydrogens is 266 g/mol. The minimum Gasteiger partial charge on any atom is -0.342 e. The van der Waals surface area contributed by atoms with Crippen molar-refractivity contribution in [2.45, 2.75) is 33.1 Å². The highest BCUT2D eigenvalue weighted by Crippen LogP contribution is 2.26. The summed E-state index contributed by atoms with van der Waals surface area (Å²) in [5.74, 6) is 1.90. The van der Waals surface area contributed by atoms with E-state index in [1.54, 1.807) is 13.1 Å². The van der Waals surface area contributed by atoms with E-state index >= 15 is 0 Å². The SMILES string of the molecule is CC(=O)N1CC[C@@H](c2nc(C)cc(-c3ncc(C)[nH]3)n2)C1. The van der Waals surface area contributed by atoms with Crippen molar-refractivity contribution in [1.29, 1.82) is 0 Å². The van der Waals surface area contributed by atoms with E-state index in [9.17, 15) is 4.79 Å². The number of imidazole rings is 1. The molecule has 0 saturated carbocycles. The third kappa shape index (κ3) is 2.79. The van der Waals surface area contributed by atoms with E-state index in [1.807, 2.05) is 24.8 Å². The molecule has 6 nitrogen and oxygen atoms in total. The van der Waals surface area contributed by atoms with Gasteiger partial charge in [-0.3, -0.25) is 4.79 Å². The summed E-state index contributed by atoms with van der Waals surface area (Å²) in [5, 5.41) is 0. The summed E-state index contributed by atoms with van der Waals surface area (Å²) in [5.41, 5.74) is 2.74. The van der Waals surface area contributed by atoms with E-state index < -0.39 is 0 Å². The standard InChI is InChI=1S/C15H19N5O/c1-9-6-13(15-16-7-10(2)18-15)19-14(17-9)12-4-5-20(8-12)11(3)21/h6-7,12H,4-5,8H2,1-3H3,(H,16,18)/t12-/m1/s1. The normalized spacial score (nSPS) is 18.2.